The van der Waals surface area contributed by atoms with Gasteiger partial charge in [-0.15, -0.1) is 19.1 Å². The molecule has 0 bridgehead atoms. The molecule has 2 aromatic rings. The van der Waals surface area contributed by atoms with Crippen LogP contribution in [0.4, 0.5) is 0 Å². The predicted octanol–water partition coefficient (Wildman–Crippen LogP) is 2.79. The van der Waals surface area contributed by atoms with Crippen LogP contribution in [0.5, 0.6) is 11.5 Å². The van der Waals surface area contributed by atoms with Crippen molar-refractivity contribution in [3.63, 3.8) is 0 Å². The molecule has 27 heavy (non-hydrogen) atoms. The van der Waals surface area contributed by atoms with Gasteiger partial charge in [-0.3, -0.25) is 4.79 Å². The van der Waals surface area contributed by atoms with Crippen LogP contribution in [0, 0.1) is 12.3 Å². The zero-order valence-corrected chi connectivity index (χ0v) is 16.4. The van der Waals surface area contributed by atoms with E-state index in [0.717, 1.165) is 5.56 Å². The van der Waals surface area contributed by atoms with Crippen LogP contribution in [0.15, 0.2) is 42.5 Å². The number of carbonyl (C=O) groups excluding carboxylic acids is 1. The number of halogens is 1. The molecule has 0 radical (unpaired) electrons. The highest BCUT2D eigenvalue weighted by Gasteiger charge is 2.33. The van der Waals surface area contributed by atoms with Gasteiger partial charge in [0.05, 0.1) is 7.11 Å². The van der Waals surface area contributed by atoms with Crippen molar-refractivity contribution in [1.82, 2.24) is 5.32 Å². The number of carbonyl (C=O) groups is 1. The van der Waals surface area contributed by atoms with Crippen LogP contribution in [-0.4, -0.2) is 31.3 Å². The summed E-state index contributed by atoms with van der Waals surface area (Å²) in [4.78, 5) is 10.4. The minimum Gasteiger partial charge on any atom is -0.493 e. The third kappa shape index (κ3) is 5.57. The molecule has 0 aromatic heterocycles. The lowest BCUT2D eigenvalue weighted by Gasteiger charge is -2.22. The van der Waals surface area contributed by atoms with Gasteiger partial charge in [0.2, 0.25) is 4.93 Å². The first-order valence-corrected chi connectivity index (χ1v) is 8.93. The number of thiol groups is 1. The van der Waals surface area contributed by atoms with E-state index in [4.69, 9.17) is 27.5 Å². The molecule has 7 heteroatoms. The maximum atomic E-state index is 12.3. The van der Waals surface area contributed by atoms with Crippen LogP contribution in [0.25, 0.3) is 0 Å². The highest BCUT2D eigenvalue weighted by molar-refractivity contribution is 7.82. The highest BCUT2D eigenvalue weighted by Crippen LogP contribution is 2.29. The summed E-state index contributed by atoms with van der Waals surface area (Å²) in [6.07, 6.45) is 5.72. The standard InChI is InChI=1S/C20H20ClNO4S/c1-3-12-26-17-9-4-14(13-18(17)25-2)10-11-22-19(23)20(24,27)15-5-7-16(21)8-6-15/h1,4-9,13,24,27H,10-12H2,2H3,(H,22,23). The van der Waals surface area contributed by atoms with Gasteiger partial charge in [-0.1, -0.05) is 35.7 Å². The molecule has 0 aliphatic rings. The van der Waals surface area contributed by atoms with Gasteiger partial charge < -0.3 is 19.9 Å². The van der Waals surface area contributed by atoms with Crippen LogP contribution in [0.3, 0.4) is 0 Å². The molecule has 2 aromatic carbocycles. The smallest absolute Gasteiger partial charge is 0.267 e. The predicted molar refractivity (Wildman–Crippen MR) is 108 cm³/mol. The molecule has 0 fully saturated rings. The molecular weight excluding hydrogens is 386 g/mol. The zero-order valence-electron chi connectivity index (χ0n) is 14.7. The molecule has 142 valence electrons. The van der Waals surface area contributed by atoms with E-state index in [2.05, 4.69) is 23.9 Å². The first kappa shape index (κ1) is 21.0. The molecule has 0 saturated carbocycles. The lowest BCUT2D eigenvalue weighted by atomic mass is 10.1. The highest BCUT2D eigenvalue weighted by atomic mass is 35.5. The third-order valence-corrected chi connectivity index (χ3v) is 4.51. The van der Waals surface area contributed by atoms with E-state index in [1.165, 1.54) is 7.11 Å². The van der Waals surface area contributed by atoms with E-state index in [9.17, 15) is 9.90 Å². The number of hydrogen-bond donors (Lipinski definition) is 3. The first-order valence-electron chi connectivity index (χ1n) is 8.10. The maximum Gasteiger partial charge on any atom is 0.267 e. The van der Waals surface area contributed by atoms with Crippen molar-refractivity contribution in [2.45, 2.75) is 11.4 Å². The van der Waals surface area contributed by atoms with Gasteiger partial charge in [0, 0.05) is 17.1 Å². The molecule has 1 amide bonds. The average Bonchev–Trinajstić information content (AvgIpc) is 2.67. The Hall–Kier alpha value is -2.33. The number of amides is 1. The van der Waals surface area contributed by atoms with Crippen molar-refractivity contribution < 1.29 is 19.4 Å². The van der Waals surface area contributed by atoms with Gasteiger partial charge in [-0.25, -0.2) is 0 Å². The van der Waals surface area contributed by atoms with Crippen LogP contribution >= 0.6 is 24.2 Å². The summed E-state index contributed by atoms with van der Waals surface area (Å²) in [7, 11) is 1.54. The molecule has 2 rings (SSSR count). The number of terminal acetylenes is 1. The summed E-state index contributed by atoms with van der Waals surface area (Å²) in [5, 5.41) is 13.6. The van der Waals surface area contributed by atoms with Crippen molar-refractivity contribution in [3.05, 3.63) is 58.6 Å². The monoisotopic (exact) mass is 405 g/mol. The first-order chi connectivity index (χ1) is 12.9. The van der Waals surface area contributed by atoms with E-state index in [0.29, 0.717) is 35.1 Å². The Kier molecular flexibility index (Phi) is 7.43. The summed E-state index contributed by atoms with van der Waals surface area (Å²) < 4.78 is 10.7. The van der Waals surface area contributed by atoms with E-state index >= 15 is 0 Å². The second kappa shape index (κ2) is 9.56. The Bertz CT molecular complexity index is 831. The summed E-state index contributed by atoms with van der Waals surface area (Å²) in [6.45, 7) is 0.458. The lowest BCUT2D eigenvalue weighted by molar-refractivity contribution is -0.132. The third-order valence-electron chi connectivity index (χ3n) is 3.80. The second-order valence-corrected chi connectivity index (χ2v) is 6.75. The Morgan fingerprint density at radius 1 is 1.30 bits per heavy atom. The molecule has 1 atom stereocenters. The van der Waals surface area contributed by atoms with E-state index in [-0.39, 0.29) is 6.61 Å². The van der Waals surface area contributed by atoms with Crippen molar-refractivity contribution in [2.24, 2.45) is 0 Å². The zero-order chi connectivity index (χ0) is 19.9. The summed E-state index contributed by atoms with van der Waals surface area (Å²) >= 11 is 9.91. The van der Waals surface area contributed by atoms with Crippen molar-refractivity contribution in [3.8, 4) is 23.8 Å². The molecule has 0 aliphatic heterocycles. The molecule has 5 nitrogen and oxygen atoms in total. The van der Waals surface area contributed by atoms with Gasteiger partial charge >= 0.3 is 0 Å². The Labute approximate surface area is 169 Å². The molecule has 0 aliphatic carbocycles. The topological polar surface area (TPSA) is 67.8 Å². The summed E-state index contributed by atoms with van der Waals surface area (Å²) in [5.74, 6) is 2.89. The number of benzene rings is 2. The van der Waals surface area contributed by atoms with Gasteiger partial charge in [0.25, 0.3) is 5.91 Å². The van der Waals surface area contributed by atoms with Gasteiger partial charge in [0.15, 0.2) is 11.5 Å². The number of nitrogens with one attached hydrogen (secondary N) is 1. The van der Waals surface area contributed by atoms with Crippen molar-refractivity contribution in [2.75, 3.05) is 20.3 Å². The molecule has 2 N–H and O–H groups in total. The number of methoxy groups -OCH3 is 1. The quantitative estimate of drug-likeness (QED) is 0.359. The lowest BCUT2D eigenvalue weighted by Crippen LogP contribution is -2.41. The minimum atomic E-state index is -1.95. The Balaban J connectivity index is 1.96. The Morgan fingerprint density at radius 2 is 2.00 bits per heavy atom. The molecule has 0 heterocycles. The summed E-state index contributed by atoms with van der Waals surface area (Å²) in [6, 6.07) is 11.7. The minimum absolute atomic E-state index is 0.150. The van der Waals surface area contributed by atoms with Gasteiger partial charge in [-0.2, -0.15) is 0 Å². The second-order valence-electron chi connectivity index (χ2n) is 5.66. The van der Waals surface area contributed by atoms with Crippen molar-refractivity contribution in [1.29, 1.82) is 0 Å². The maximum absolute atomic E-state index is 12.3. The average molecular weight is 406 g/mol. The van der Waals surface area contributed by atoms with Gasteiger partial charge in [-0.05, 0) is 36.2 Å². The molecule has 0 spiro atoms. The Morgan fingerprint density at radius 3 is 2.63 bits per heavy atom. The van der Waals surface area contributed by atoms with Crippen LogP contribution < -0.4 is 14.8 Å². The number of aliphatic hydroxyl groups is 1. The molecule has 0 saturated heterocycles. The number of ether oxygens (including phenoxy) is 2. The van der Waals surface area contributed by atoms with Gasteiger partial charge in [0.1, 0.15) is 6.61 Å². The summed E-state index contributed by atoms with van der Waals surface area (Å²) in [5.41, 5.74) is 1.26. The van der Waals surface area contributed by atoms with Crippen LogP contribution in [0.1, 0.15) is 11.1 Å². The fourth-order valence-corrected chi connectivity index (χ4v) is 2.72. The largest absolute Gasteiger partial charge is 0.493 e. The van der Waals surface area contributed by atoms with E-state index < -0.39 is 10.8 Å². The normalized spacial score (nSPS) is 12.6. The van der Waals surface area contributed by atoms with Crippen LogP contribution in [0.2, 0.25) is 5.02 Å². The number of rotatable bonds is 8. The number of hydrogen-bond acceptors (Lipinski definition) is 5. The fourth-order valence-electron chi connectivity index (χ4n) is 2.36. The van der Waals surface area contributed by atoms with E-state index in [1.807, 2.05) is 12.1 Å². The molecular formula is C20H20ClNO4S. The SMILES string of the molecule is C#CCOc1ccc(CCNC(=O)C(O)(S)c2ccc(Cl)cc2)cc1OC. The fraction of sp³-hybridized carbons (Fsp3) is 0.250. The van der Waals surface area contributed by atoms with Crippen molar-refractivity contribution >= 4 is 30.1 Å². The van der Waals surface area contributed by atoms with Crippen LogP contribution in [-0.2, 0) is 16.1 Å². The molecule has 1 unspecified atom stereocenters. The van der Waals surface area contributed by atoms with E-state index in [1.54, 1.807) is 30.3 Å².